The number of fused-ring (bicyclic) bond motifs is 9. The Morgan fingerprint density at radius 3 is 1.76 bits per heavy atom. The highest BCUT2D eigenvalue weighted by Crippen LogP contribution is 2.42. The molecule has 4 aromatic heterocycles. The summed E-state index contributed by atoms with van der Waals surface area (Å²) in [6.07, 6.45) is 2.12. The van der Waals surface area contributed by atoms with E-state index in [4.69, 9.17) is 5.10 Å². The average Bonchev–Trinajstić information content (AvgIpc) is 3.77. The van der Waals surface area contributed by atoms with Gasteiger partial charge < -0.3 is 9.13 Å². The Morgan fingerprint density at radius 1 is 0.422 bits per heavy atom. The molecule has 10 aromatic rings. The van der Waals surface area contributed by atoms with Gasteiger partial charge in [0.25, 0.3) is 0 Å². The normalized spacial score (nSPS) is 12.0. The number of rotatable bonds is 3. The topological polar surface area (TPSA) is 27.2 Å². The third-order valence-corrected chi connectivity index (χ3v) is 9.21. The summed E-state index contributed by atoms with van der Waals surface area (Å²) < 4.78 is 6.87. The summed E-state index contributed by atoms with van der Waals surface area (Å²) in [5, 5.41) is 12.4. The molecule has 4 heterocycles. The molecule has 0 spiro atoms. The van der Waals surface area contributed by atoms with Gasteiger partial charge in [0.15, 0.2) is 0 Å². The van der Waals surface area contributed by atoms with Gasteiger partial charge in [-0.3, -0.25) is 0 Å². The van der Waals surface area contributed by atoms with E-state index in [1.807, 2.05) is 4.52 Å². The highest BCUT2D eigenvalue weighted by Gasteiger charge is 2.21. The fourth-order valence-electron chi connectivity index (χ4n) is 7.23. The molecule has 45 heavy (non-hydrogen) atoms. The molecule has 0 amide bonds. The van der Waals surface area contributed by atoms with Crippen molar-refractivity contribution in [2.75, 3.05) is 0 Å². The average molecular weight is 575 g/mol. The van der Waals surface area contributed by atoms with Gasteiger partial charge in [-0.25, -0.2) is 4.52 Å². The lowest BCUT2D eigenvalue weighted by molar-refractivity contribution is 0.974. The molecule has 0 atom stereocenters. The van der Waals surface area contributed by atoms with E-state index in [1.165, 1.54) is 54.4 Å². The number of hydrogen-bond acceptors (Lipinski definition) is 1. The minimum atomic E-state index is 0.955. The maximum atomic E-state index is 5.02. The summed E-state index contributed by atoms with van der Waals surface area (Å²) >= 11 is 0. The van der Waals surface area contributed by atoms with Crippen LogP contribution in [0.4, 0.5) is 0 Å². The zero-order valence-electron chi connectivity index (χ0n) is 24.3. The molecule has 210 valence electrons. The van der Waals surface area contributed by atoms with Gasteiger partial charge in [-0.2, -0.15) is 5.10 Å². The van der Waals surface area contributed by atoms with E-state index in [-0.39, 0.29) is 0 Å². The molecule has 0 fully saturated rings. The van der Waals surface area contributed by atoms with Crippen LogP contribution in [0.25, 0.3) is 82.5 Å². The number of hydrogen-bond donors (Lipinski definition) is 0. The lowest BCUT2D eigenvalue weighted by atomic mass is 10.1. The van der Waals surface area contributed by atoms with Gasteiger partial charge in [0.2, 0.25) is 0 Å². The number of pyridine rings is 1. The second kappa shape index (κ2) is 9.18. The Hall–Kier alpha value is -6.13. The predicted molar refractivity (Wildman–Crippen MR) is 187 cm³/mol. The third kappa shape index (κ3) is 3.51. The van der Waals surface area contributed by atoms with Crippen molar-refractivity contribution in [2.24, 2.45) is 0 Å². The van der Waals surface area contributed by atoms with Crippen molar-refractivity contribution in [3.05, 3.63) is 158 Å². The maximum absolute atomic E-state index is 5.02. The van der Waals surface area contributed by atoms with Crippen molar-refractivity contribution in [3.63, 3.8) is 0 Å². The molecular weight excluding hydrogens is 548 g/mol. The van der Waals surface area contributed by atoms with E-state index in [0.29, 0.717) is 0 Å². The molecule has 0 bridgehead atoms. The zero-order valence-corrected chi connectivity index (χ0v) is 24.3. The van der Waals surface area contributed by atoms with Crippen molar-refractivity contribution in [2.45, 2.75) is 0 Å². The molecule has 4 heteroatoms. The van der Waals surface area contributed by atoms with Crippen LogP contribution < -0.4 is 0 Å². The van der Waals surface area contributed by atoms with Crippen LogP contribution in [0.15, 0.2) is 158 Å². The Bertz CT molecular complexity index is 2710. The van der Waals surface area contributed by atoms with Gasteiger partial charge in [0.05, 0.1) is 33.3 Å². The highest BCUT2D eigenvalue weighted by atomic mass is 15.2. The molecule has 6 aromatic carbocycles. The second-order valence-corrected chi connectivity index (χ2v) is 11.8. The first-order chi connectivity index (χ1) is 22.3. The summed E-state index contributed by atoms with van der Waals surface area (Å²) in [7, 11) is 0. The third-order valence-electron chi connectivity index (χ3n) is 9.21. The molecule has 0 aliphatic rings. The number of benzene rings is 6. The highest BCUT2D eigenvalue weighted by molar-refractivity contribution is 6.23. The molecule has 0 saturated carbocycles. The van der Waals surface area contributed by atoms with E-state index in [2.05, 4.69) is 167 Å². The zero-order chi connectivity index (χ0) is 29.5. The van der Waals surface area contributed by atoms with Crippen LogP contribution in [0.3, 0.4) is 0 Å². The monoisotopic (exact) mass is 574 g/mol. The predicted octanol–water partition coefficient (Wildman–Crippen LogP) is 10.3. The van der Waals surface area contributed by atoms with Gasteiger partial charge >= 0.3 is 0 Å². The summed E-state index contributed by atoms with van der Waals surface area (Å²) in [5.41, 5.74) is 10.2. The molecule has 0 aliphatic carbocycles. The Balaban J connectivity index is 1.29. The number of aromatic nitrogens is 4. The van der Waals surface area contributed by atoms with Crippen molar-refractivity contribution >= 4 is 59.9 Å². The maximum Gasteiger partial charge on any atom is 0.0934 e. The van der Waals surface area contributed by atoms with Crippen LogP contribution in [0.1, 0.15) is 0 Å². The van der Waals surface area contributed by atoms with E-state index < -0.39 is 0 Å². The van der Waals surface area contributed by atoms with Crippen LogP contribution >= 0.6 is 0 Å². The molecule has 0 unspecified atom stereocenters. The van der Waals surface area contributed by atoms with E-state index in [0.717, 1.165) is 28.1 Å². The van der Waals surface area contributed by atoms with Crippen LogP contribution in [0, 0.1) is 0 Å². The molecule has 0 aliphatic heterocycles. The van der Waals surface area contributed by atoms with Crippen molar-refractivity contribution in [3.8, 4) is 22.6 Å². The fraction of sp³-hybridized carbons (Fsp3) is 0. The molecule has 0 radical (unpaired) electrons. The molecule has 10 rings (SSSR count). The largest absolute Gasteiger partial charge is 0.307 e. The number of nitrogens with zero attached hydrogens (tertiary/aromatic N) is 4. The Labute approximate surface area is 258 Å². The van der Waals surface area contributed by atoms with Crippen LogP contribution in [0.5, 0.6) is 0 Å². The van der Waals surface area contributed by atoms with Gasteiger partial charge in [-0.05, 0) is 53.9 Å². The van der Waals surface area contributed by atoms with E-state index >= 15 is 0 Å². The van der Waals surface area contributed by atoms with Gasteiger partial charge in [0, 0.05) is 50.1 Å². The first-order valence-electron chi connectivity index (χ1n) is 15.3. The Morgan fingerprint density at radius 2 is 1.02 bits per heavy atom. The van der Waals surface area contributed by atoms with Gasteiger partial charge in [-0.1, -0.05) is 103 Å². The second-order valence-electron chi connectivity index (χ2n) is 11.8. The minimum absolute atomic E-state index is 0.955. The van der Waals surface area contributed by atoms with Gasteiger partial charge in [-0.15, -0.1) is 0 Å². The van der Waals surface area contributed by atoms with Gasteiger partial charge in [0.1, 0.15) is 0 Å². The number of para-hydroxylation sites is 3. The van der Waals surface area contributed by atoms with Crippen molar-refractivity contribution < 1.29 is 0 Å². The summed E-state index contributed by atoms with van der Waals surface area (Å²) in [4.78, 5) is 0. The fourth-order valence-corrected chi connectivity index (χ4v) is 7.23. The first-order valence-corrected chi connectivity index (χ1v) is 15.3. The van der Waals surface area contributed by atoms with Crippen LogP contribution in [0.2, 0.25) is 0 Å². The SMILES string of the molecule is c1ccc(-n2c3ccccc3c3ccc4c5ccccc5n(-c5cccc(-c6cc7cc8ccccc8cn7n6)c5)c4c32)cc1. The molecule has 0 N–H and O–H groups in total. The summed E-state index contributed by atoms with van der Waals surface area (Å²) in [6, 6.07) is 54.5. The molecular formula is C41H26N4. The molecule has 0 saturated heterocycles. The standard InChI is InChI=1S/C41H26N4/c1-2-14-30(15-3-1)44-38-19-8-6-17-33(38)35-21-22-36-34-18-7-9-20-39(34)45(41(36)40(35)44)31-16-10-13-28(24-31)37-25-32-23-27-11-4-5-12-29(27)26-43(32)42-37/h1-26H. The first kappa shape index (κ1) is 24.3. The quantitative estimate of drug-likeness (QED) is 0.206. The van der Waals surface area contributed by atoms with E-state index in [9.17, 15) is 0 Å². The minimum Gasteiger partial charge on any atom is -0.307 e. The Kier molecular flexibility index (Phi) is 4.96. The van der Waals surface area contributed by atoms with Crippen molar-refractivity contribution in [1.82, 2.24) is 18.7 Å². The summed E-state index contributed by atoms with van der Waals surface area (Å²) in [6.45, 7) is 0. The summed E-state index contributed by atoms with van der Waals surface area (Å²) in [5.74, 6) is 0. The smallest absolute Gasteiger partial charge is 0.0934 e. The van der Waals surface area contributed by atoms with Crippen LogP contribution in [-0.2, 0) is 0 Å². The van der Waals surface area contributed by atoms with Crippen LogP contribution in [-0.4, -0.2) is 18.7 Å². The van der Waals surface area contributed by atoms with Crippen molar-refractivity contribution in [1.29, 1.82) is 0 Å². The van der Waals surface area contributed by atoms with E-state index in [1.54, 1.807) is 0 Å². The lowest BCUT2D eigenvalue weighted by Gasteiger charge is -2.13. The molecule has 4 nitrogen and oxygen atoms in total. The lowest BCUT2D eigenvalue weighted by Crippen LogP contribution is -1.99.